The van der Waals surface area contributed by atoms with E-state index in [1.807, 2.05) is 30.3 Å². The second-order valence-corrected chi connectivity index (χ2v) is 8.19. The normalized spacial score (nSPS) is 24.3. The highest BCUT2D eigenvalue weighted by atomic mass is 16.4. The van der Waals surface area contributed by atoms with Crippen LogP contribution in [0.25, 0.3) is 21.7 Å². The second kappa shape index (κ2) is 7.10. The number of nitriles is 1. The molecule has 3 unspecified atom stereocenters. The van der Waals surface area contributed by atoms with E-state index in [2.05, 4.69) is 11.2 Å². The minimum Gasteiger partial charge on any atom is -0.422 e. The average molecular weight is 399 g/mol. The van der Waals surface area contributed by atoms with Crippen LogP contribution in [-0.4, -0.2) is 22.7 Å². The van der Waals surface area contributed by atoms with Gasteiger partial charge in [-0.1, -0.05) is 36.8 Å². The first kappa shape index (κ1) is 18.6. The summed E-state index contributed by atoms with van der Waals surface area (Å²) >= 11 is 0. The van der Waals surface area contributed by atoms with Crippen LogP contribution in [-0.2, 0) is 4.79 Å². The van der Waals surface area contributed by atoms with E-state index in [4.69, 9.17) is 4.42 Å². The number of hydrogen-bond acceptors (Lipinski definition) is 5. The summed E-state index contributed by atoms with van der Waals surface area (Å²) in [5.41, 5.74) is 0.796. The van der Waals surface area contributed by atoms with Gasteiger partial charge in [0.1, 0.15) is 11.5 Å². The maximum Gasteiger partial charge on any atom is 0.345 e. The minimum atomic E-state index is -0.669. The Morgan fingerprint density at radius 1 is 1.17 bits per heavy atom. The molecule has 0 N–H and O–H groups in total. The summed E-state index contributed by atoms with van der Waals surface area (Å²) in [5.74, 6) is -0.644. The van der Waals surface area contributed by atoms with Gasteiger partial charge in [0.15, 0.2) is 0 Å². The number of hydrogen-bond donors (Lipinski definition) is 0. The molecule has 1 aliphatic heterocycles. The lowest BCUT2D eigenvalue weighted by molar-refractivity contribution is -0.141. The summed E-state index contributed by atoms with van der Waals surface area (Å²) in [7, 11) is 0. The van der Waals surface area contributed by atoms with Gasteiger partial charge >= 0.3 is 5.63 Å². The fourth-order valence-electron chi connectivity index (χ4n) is 4.91. The van der Waals surface area contributed by atoms with Crippen molar-refractivity contribution in [3.05, 3.63) is 58.4 Å². The predicted molar refractivity (Wildman–Crippen MR) is 114 cm³/mol. The predicted octanol–water partition coefficient (Wildman–Crippen LogP) is 4.21. The second-order valence-electron chi connectivity index (χ2n) is 8.19. The molecule has 0 bridgehead atoms. The fourth-order valence-corrected chi connectivity index (χ4v) is 4.91. The number of benzene rings is 2. The van der Waals surface area contributed by atoms with E-state index in [0.29, 0.717) is 29.2 Å². The van der Waals surface area contributed by atoms with Crippen LogP contribution in [0.1, 0.15) is 38.2 Å². The van der Waals surface area contributed by atoms with Crippen LogP contribution in [0.2, 0.25) is 0 Å². The molecule has 150 valence electrons. The summed E-state index contributed by atoms with van der Waals surface area (Å²) in [5, 5.41) is 18.3. The molecule has 30 heavy (non-hydrogen) atoms. The molecule has 2 aromatic carbocycles. The number of fused-ring (bicyclic) bond motifs is 4. The average Bonchev–Trinajstić information content (AvgIpc) is 3.23. The number of amides is 1. The Bertz CT molecular complexity index is 1300. The van der Waals surface area contributed by atoms with E-state index in [1.54, 1.807) is 19.1 Å². The van der Waals surface area contributed by atoms with E-state index < -0.39 is 11.5 Å². The lowest BCUT2D eigenvalue weighted by Gasteiger charge is -2.36. The van der Waals surface area contributed by atoms with Crippen molar-refractivity contribution in [3.8, 4) is 6.07 Å². The Hall–Kier alpha value is -3.46. The monoisotopic (exact) mass is 399 g/mol. The molecule has 3 aromatic rings. The summed E-state index contributed by atoms with van der Waals surface area (Å²) < 4.78 is 5.57. The van der Waals surface area contributed by atoms with E-state index in [-0.39, 0.29) is 11.9 Å². The topological polar surface area (TPSA) is 86.7 Å². The van der Waals surface area contributed by atoms with Crippen LogP contribution in [0.3, 0.4) is 0 Å². The Balaban J connectivity index is 1.62. The number of rotatable bonds is 2. The van der Waals surface area contributed by atoms with Crippen molar-refractivity contribution in [2.75, 3.05) is 0 Å². The highest BCUT2D eigenvalue weighted by molar-refractivity contribution is 6.08. The number of piperidine rings is 1. The molecule has 0 spiro atoms. The zero-order valence-electron chi connectivity index (χ0n) is 16.7. The molecule has 6 nitrogen and oxygen atoms in total. The van der Waals surface area contributed by atoms with E-state index in [1.165, 1.54) is 5.01 Å². The molecule has 6 heteroatoms. The molecule has 1 amide bonds. The van der Waals surface area contributed by atoms with Gasteiger partial charge in [0.25, 0.3) is 5.91 Å². The lowest BCUT2D eigenvalue weighted by atomic mass is 9.86. The van der Waals surface area contributed by atoms with Gasteiger partial charge < -0.3 is 4.42 Å². The zero-order valence-corrected chi connectivity index (χ0v) is 16.7. The molecule has 5 rings (SSSR count). The quantitative estimate of drug-likeness (QED) is 0.367. The third-order valence-corrected chi connectivity index (χ3v) is 6.44. The smallest absolute Gasteiger partial charge is 0.345 e. The van der Waals surface area contributed by atoms with Gasteiger partial charge in [0.2, 0.25) is 0 Å². The highest BCUT2D eigenvalue weighted by Crippen LogP contribution is 2.39. The van der Waals surface area contributed by atoms with Crippen molar-refractivity contribution in [2.24, 2.45) is 16.9 Å². The maximum absolute atomic E-state index is 12.8. The van der Waals surface area contributed by atoms with Gasteiger partial charge in [-0.25, -0.2) is 9.80 Å². The Morgan fingerprint density at radius 3 is 2.83 bits per heavy atom. The first-order valence-corrected chi connectivity index (χ1v) is 10.3. The van der Waals surface area contributed by atoms with Gasteiger partial charge in [-0.2, -0.15) is 10.4 Å². The number of carbonyl (C=O) groups excluding carboxylic acids is 1. The van der Waals surface area contributed by atoms with Gasteiger partial charge in [0, 0.05) is 5.39 Å². The van der Waals surface area contributed by atoms with Gasteiger partial charge in [-0.05, 0) is 55.0 Å². The molecule has 2 heterocycles. The van der Waals surface area contributed by atoms with Crippen LogP contribution < -0.4 is 5.63 Å². The molecule has 1 saturated heterocycles. The van der Waals surface area contributed by atoms with Crippen molar-refractivity contribution in [1.29, 1.82) is 5.26 Å². The Kier molecular flexibility index (Phi) is 4.39. The standard InChI is InChI=1S/C24H21N3O3/c1-14(26-27-21-8-4-6-16(21)11-17(13-25)23(27)28)19-12-20-18-7-3-2-5-15(18)9-10-22(20)30-24(19)29/h2-3,5,7,9-10,12,16-17,21H,4,6,8,11H2,1H3. The van der Waals surface area contributed by atoms with E-state index in [0.717, 1.165) is 35.4 Å². The number of nitrogens with zero attached hydrogens (tertiary/aromatic N) is 3. The van der Waals surface area contributed by atoms with Crippen molar-refractivity contribution in [2.45, 2.75) is 38.6 Å². The third kappa shape index (κ3) is 2.89. The minimum absolute atomic E-state index is 0.00498. The van der Waals surface area contributed by atoms with Crippen molar-refractivity contribution in [3.63, 3.8) is 0 Å². The number of carbonyl (C=O) groups is 1. The first-order chi connectivity index (χ1) is 14.6. The molecule has 1 aromatic heterocycles. The molecule has 1 saturated carbocycles. The van der Waals surface area contributed by atoms with Crippen LogP contribution >= 0.6 is 0 Å². The van der Waals surface area contributed by atoms with Gasteiger partial charge in [0.05, 0.1) is 23.4 Å². The molecular formula is C24H21N3O3. The van der Waals surface area contributed by atoms with Gasteiger partial charge in [-0.3, -0.25) is 4.79 Å². The molecule has 2 aliphatic rings. The third-order valence-electron chi connectivity index (χ3n) is 6.44. The Morgan fingerprint density at radius 2 is 2.00 bits per heavy atom. The first-order valence-electron chi connectivity index (χ1n) is 10.3. The summed E-state index contributed by atoms with van der Waals surface area (Å²) in [6.45, 7) is 1.72. The SMILES string of the molecule is CC(=NN1C(=O)C(C#N)CC2CCCC21)c1cc2c(ccc3ccccc32)oc1=O. The van der Waals surface area contributed by atoms with Crippen LogP contribution in [0.5, 0.6) is 0 Å². The highest BCUT2D eigenvalue weighted by Gasteiger charge is 2.44. The number of hydrazone groups is 1. The van der Waals surface area contributed by atoms with Crippen LogP contribution in [0, 0.1) is 23.2 Å². The fraction of sp³-hybridized carbons (Fsp3) is 0.333. The summed E-state index contributed by atoms with van der Waals surface area (Å²) in [4.78, 5) is 25.5. The van der Waals surface area contributed by atoms with Crippen molar-refractivity contribution in [1.82, 2.24) is 5.01 Å². The Labute approximate surface area is 173 Å². The zero-order chi connectivity index (χ0) is 20.8. The largest absolute Gasteiger partial charge is 0.422 e. The van der Waals surface area contributed by atoms with Crippen LogP contribution in [0.15, 0.2) is 56.8 Å². The molecule has 3 atom stereocenters. The van der Waals surface area contributed by atoms with E-state index in [9.17, 15) is 14.9 Å². The molecule has 2 fully saturated rings. The molecule has 1 aliphatic carbocycles. The maximum atomic E-state index is 12.8. The molecule has 0 radical (unpaired) electrons. The van der Waals surface area contributed by atoms with Gasteiger partial charge in [-0.15, -0.1) is 0 Å². The van der Waals surface area contributed by atoms with Crippen molar-refractivity contribution >= 4 is 33.4 Å². The van der Waals surface area contributed by atoms with Crippen molar-refractivity contribution < 1.29 is 9.21 Å². The van der Waals surface area contributed by atoms with E-state index >= 15 is 0 Å². The lowest BCUT2D eigenvalue weighted by Crippen LogP contribution is -2.47. The summed E-state index contributed by atoms with van der Waals surface area (Å²) in [6, 6.07) is 15.6. The van der Waals surface area contributed by atoms with Crippen LogP contribution in [0.4, 0.5) is 0 Å². The molecular weight excluding hydrogens is 378 g/mol. The summed E-state index contributed by atoms with van der Waals surface area (Å²) in [6.07, 6.45) is 3.51.